The summed E-state index contributed by atoms with van der Waals surface area (Å²) in [5.41, 5.74) is 0.849. The van der Waals surface area contributed by atoms with Crippen molar-refractivity contribution in [2.75, 3.05) is 13.1 Å². The van der Waals surface area contributed by atoms with Crippen molar-refractivity contribution in [1.29, 1.82) is 5.26 Å². The number of imide groups is 1. The molecule has 1 aromatic rings. The van der Waals surface area contributed by atoms with E-state index in [1.54, 1.807) is 6.07 Å². The average Bonchev–Trinajstić information content (AvgIpc) is 2.55. The summed E-state index contributed by atoms with van der Waals surface area (Å²) < 4.78 is 5.17. The van der Waals surface area contributed by atoms with Crippen LogP contribution >= 0.6 is 0 Å². The summed E-state index contributed by atoms with van der Waals surface area (Å²) in [5, 5.41) is 10.9. The van der Waals surface area contributed by atoms with E-state index in [9.17, 15) is 9.59 Å². The molecule has 0 atom stereocenters. The molecule has 0 heterocycles. The molecule has 22 heavy (non-hydrogen) atoms. The smallest absolute Gasteiger partial charge is 0.418 e. The van der Waals surface area contributed by atoms with Crippen LogP contribution in [0.3, 0.4) is 0 Å². The summed E-state index contributed by atoms with van der Waals surface area (Å²) in [6.07, 6.45) is 1.90. The lowest BCUT2D eigenvalue weighted by atomic mass is 10.2. The predicted molar refractivity (Wildman–Crippen MR) is 81.9 cm³/mol. The summed E-state index contributed by atoms with van der Waals surface area (Å²) in [6, 6.07) is 10.5. The van der Waals surface area contributed by atoms with Gasteiger partial charge in [0.15, 0.2) is 0 Å². The largest absolute Gasteiger partial charge is 0.444 e. The fourth-order valence-corrected chi connectivity index (χ4v) is 1.80. The number of unbranched alkanes of at least 4 members (excludes halogenated alkanes) is 2. The first kappa shape index (κ1) is 17.5. The Morgan fingerprint density at radius 2 is 2.00 bits per heavy atom. The van der Waals surface area contributed by atoms with Gasteiger partial charge in [0, 0.05) is 6.54 Å². The molecule has 118 valence electrons. The monoisotopic (exact) mass is 303 g/mol. The molecule has 0 aliphatic heterocycles. The quantitative estimate of drug-likeness (QED) is 0.620. The predicted octanol–water partition coefficient (Wildman–Crippen LogP) is 3.05. The van der Waals surface area contributed by atoms with Crippen LogP contribution in [0.25, 0.3) is 0 Å². The molecule has 0 radical (unpaired) electrons. The highest BCUT2D eigenvalue weighted by Crippen LogP contribution is 2.06. The fraction of sp³-hybridized carbons (Fsp3) is 0.438. The van der Waals surface area contributed by atoms with Gasteiger partial charge >= 0.3 is 12.1 Å². The first-order valence-electron chi connectivity index (χ1n) is 7.32. The van der Waals surface area contributed by atoms with Gasteiger partial charge in [0.05, 0.1) is 6.07 Å². The summed E-state index contributed by atoms with van der Waals surface area (Å²) >= 11 is 0. The van der Waals surface area contributed by atoms with Gasteiger partial charge in [-0.15, -0.1) is 0 Å². The summed E-state index contributed by atoms with van der Waals surface area (Å²) in [7, 11) is 0. The fourth-order valence-electron chi connectivity index (χ4n) is 1.80. The third kappa shape index (κ3) is 6.27. The van der Waals surface area contributed by atoms with Gasteiger partial charge in [-0.2, -0.15) is 5.26 Å². The molecule has 1 aromatic carbocycles. The number of ether oxygens (including phenoxy) is 1. The minimum Gasteiger partial charge on any atom is -0.444 e. The molecular formula is C16H21N3O3. The van der Waals surface area contributed by atoms with Crippen molar-refractivity contribution < 1.29 is 14.3 Å². The molecule has 0 aliphatic rings. The third-order valence-electron chi connectivity index (χ3n) is 2.97. The summed E-state index contributed by atoms with van der Waals surface area (Å²) in [5.74, 6) is 0. The van der Waals surface area contributed by atoms with E-state index < -0.39 is 12.1 Å². The Morgan fingerprint density at radius 3 is 2.64 bits per heavy atom. The Morgan fingerprint density at radius 1 is 1.27 bits per heavy atom. The minimum atomic E-state index is -0.699. The van der Waals surface area contributed by atoms with Gasteiger partial charge in [0.25, 0.3) is 0 Å². The van der Waals surface area contributed by atoms with Gasteiger partial charge in [-0.05, 0) is 12.0 Å². The first-order valence-corrected chi connectivity index (χ1v) is 7.32. The highest BCUT2D eigenvalue weighted by Gasteiger charge is 2.22. The van der Waals surface area contributed by atoms with Gasteiger partial charge in [-0.3, -0.25) is 0 Å². The minimum absolute atomic E-state index is 0.107. The van der Waals surface area contributed by atoms with Crippen molar-refractivity contribution >= 4 is 12.1 Å². The van der Waals surface area contributed by atoms with Crippen molar-refractivity contribution in [3.63, 3.8) is 0 Å². The van der Waals surface area contributed by atoms with Gasteiger partial charge in [0.1, 0.15) is 13.2 Å². The van der Waals surface area contributed by atoms with E-state index in [1.165, 1.54) is 0 Å². The Labute approximate surface area is 130 Å². The molecule has 0 aromatic heterocycles. The number of carbonyl (C=O) groups is 2. The van der Waals surface area contributed by atoms with Crippen LogP contribution in [0.2, 0.25) is 0 Å². The maximum atomic E-state index is 12.1. The molecule has 0 bridgehead atoms. The van der Waals surface area contributed by atoms with Gasteiger partial charge in [-0.25, -0.2) is 14.5 Å². The molecule has 0 fully saturated rings. The molecule has 1 N–H and O–H groups in total. The number of hydrogen-bond acceptors (Lipinski definition) is 4. The Balaban J connectivity index is 2.57. The number of urea groups is 1. The van der Waals surface area contributed by atoms with Crippen LogP contribution in [0.15, 0.2) is 30.3 Å². The normalized spacial score (nSPS) is 9.64. The highest BCUT2D eigenvalue weighted by molar-refractivity contribution is 5.90. The second kappa shape index (κ2) is 10.2. The van der Waals surface area contributed by atoms with E-state index in [2.05, 4.69) is 5.32 Å². The van der Waals surface area contributed by atoms with Gasteiger partial charge in [0.2, 0.25) is 0 Å². The first-order chi connectivity index (χ1) is 10.7. The molecule has 6 nitrogen and oxygen atoms in total. The molecule has 0 unspecified atom stereocenters. The van der Waals surface area contributed by atoms with Crippen LogP contribution < -0.4 is 5.32 Å². The molecule has 0 spiro atoms. The number of amides is 3. The van der Waals surface area contributed by atoms with Crippen LogP contribution in [0, 0.1) is 11.3 Å². The van der Waals surface area contributed by atoms with Crippen LogP contribution in [0.1, 0.15) is 31.7 Å². The number of nitrogens with zero attached hydrogens (tertiary/aromatic N) is 2. The van der Waals surface area contributed by atoms with Crippen LogP contribution in [-0.4, -0.2) is 30.1 Å². The number of nitrogens with one attached hydrogen (secondary N) is 1. The maximum absolute atomic E-state index is 12.1. The Kier molecular flexibility index (Phi) is 8.13. The van der Waals surface area contributed by atoms with Crippen molar-refractivity contribution in [2.24, 2.45) is 0 Å². The lowest BCUT2D eigenvalue weighted by molar-refractivity contribution is 0.103. The highest BCUT2D eigenvalue weighted by atomic mass is 16.6. The molecular weight excluding hydrogens is 282 g/mol. The second-order valence-electron chi connectivity index (χ2n) is 4.72. The van der Waals surface area contributed by atoms with E-state index in [4.69, 9.17) is 10.00 Å². The molecule has 0 aliphatic carbocycles. The number of carbonyl (C=O) groups excluding carboxylic acids is 2. The lowest BCUT2D eigenvalue weighted by Crippen LogP contribution is -2.44. The zero-order chi connectivity index (χ0) is 16.2. The standard InChI is InChI=1S/C16H21N3O3/c1-2-3-7-12-19(15(20)18-11-10-17)16(21)22-13-14-8-5-4-6-9-14/h4-6,8-9H,2-3,7,11-13H2,1H3,(H,18,20). The SMILES string of the molecule is CCCCCN(C(=O)NCC#N)C(=O)OCc1ccccc1. The Hall–Kier alpha value is -2.55. The van der Waals surface area contributed by atoms with Crippen molar-refractivity contribution in [3.05, 3.63) is 35.9 Å². The second-order valence-corrected chi connectivity index (χ2v) is 4.72. The zero-order valence-electron chi connectivity index (χ0n) is 12.7. The van der Waals surface area contributed by atoms with Crippen molar-refractivity contribution in [1.82, 2.24) is 10.2 Å². The van der Waals surface area contributed by atoms with Crippen molar-refractivity contribution in [2.45, 2.75) is 32.8 Å². The van der Waals surface area contributed by atoms with Crippen LogP contribution in [0.5, 0.6) is 0 Å². The molecule has 1 rings (SSSR count). The van der Waals surface area contributed by atoms with E-state index in [-0.39, 0.29) is 19.7 Å². The number of benzene rings is 1. The topological polar surface area (TPSA) is 82.4 Å². The molecule has 0 saturated carbocycles. The lowest BCUT2D eigenvalue weighted by Gasteiger charge is -2.20. The average molecular weight is 303 g/mol. The summed E-state index contributed by atoms with van der Waals surface area (Å²) in [4.78, 5) is 25.0. The zero-order valence-corrected chi connectivity index (χ0v) is 12.7. The van der Waals surface area contributed by atoms with Crippen molar-refractivity contribution in [3.8, 4) is 6.07 Å². The molecule has 0 saturated heterocycles. The van der Waals surface area contributed by atoms with E-state index in [1.807, 2.05) is 37.3 Å². The number of nitriles is 1. The maximum Gasteiger partial charge on any atom is 0.418 e. The van der Waals surface area contributed by atoms with E-state index >= 15 is 0 Å². The van der Waals surface area contributed by atoms with Gasteiger partial charge in [-0.1, -0.05) is 50.1 Å². The van der Waals surface area contributed by atoms with E-state index in [0.29, 0.717) is 6.42 Å². The van der Waals surface area contributed by atoms with Crippen LogP contribution in [-0.2, 0) is 11.3 Å². The number of hydrogen-bond donors (Lipinski definition) is 1. The third-order valence-corrected chi connectivity index (χ3v) is 2.97. The number of rotatable bonds is 7. The Bertz CT molecular complexity index is 511. The molecule has 3 amide bonds. The molecule has 6 heteroatoms. The summed E-state index contributed by atoms with van der Waals surface area (Å²) in [6.45, 7) is 2.27. The van der Waals surface area contributed by atoms with E-state index in [0.717, 1.165) is 23.3 Å². The van der Waals surface area contributed by atoms with Crippen LogP contribution in [0.4, 0.5) is 9.59 Å². The van der Waals surface area contributed by atoms with Gasteiger partial charge < -0.3 is 10.1 Å².